The topological polar surface area (TPSA) is 47.0 Å². The summed E-state index contributed by atoms with van der Waals surface area (Å²) in [6.07, 6.45) is 2.54. The molecule has 0 aliphatic carbocycles. The van der Waals surface area contributed by atoms with E-state index >= 15 is 0 Å². The molecule has 0 amide bonds. The van der Waals surface area contributed by atoms with E-state index in [9.17, 15) is 0 Å². The van der Waals surface area contributed by atoms with Crippen molar-refractivity contribution in [1.82, 2.24) is 9.97 Å². The minimum Gasteiger partial charge on any atom is -0.453 e. The highest BCUT2D eigenvalue weighted by Crippen LogP contribution is 2.33. The van der Waals surface area contributed by atoms with Gasteiger partial charge in [-0.05, 0) is 33.6 Å². The number of thiazole rings is 1. The number of para-hydroxylation sites is 1. The zero-order valence-corrected chi connectivity index (χ0v) is 16.7. The molecule has 4 nitrogen and oxygen atoms in total. The summed E-state index contributed by atoms with van der Waals surface area (Å²) in [6.45, 7) is 0. The molecule has 1 N–H and O–H groups in total. The van der Waals surface area contributed by atoms with Crippen LogP contribution < -0.4 is 10.1 Å². The highest BCUT2D eigenvalue weighted by atomic mass is 79.9. The average molecular weight is 438 g/mol. The number of nitrogens with one attached hydrogen (secondary N) is 1. The first kappa shape index (κ1) is 17.7. The number of rotatable bonds is 6. The summed E-state index contributed by atoms with van der Waals surface area (Å²) in [4.78, 5) is 9.12. The lowest BCUT2D eigenvalue weighted by Gasteiger charge is -2.11. The van der Waals surface area contributed by atoms with Gasteiger partial charge in [-0.2, -0.15) is 0 Å². The third-order valence-electron chi connectivity index (χ3n) is 3.80. The standard InChI is InChI=1S/C21H16BrN3OS/c22-16-12-19(26-18-9-5-2-6-10-18)20(23-13-16)25-21-24-17(14-27-21)11-15-7-3-1-4-8-15/h1-10,12-14H,11H2,(H,23,24,25). The van der Waals surface area contributed by atoms with E-state index in [1.165, 1.54) is 5.56 Å². The van der Waals surface area contributed by atoms with Crippen LogP contribution in [0.5, 0.6) is 11.5 Å². The maximum atomic E-state index is 5.99. The fraction of sp³-hybridized carbons (Fsp3) is 0.0476. The first-order valence-electron chi connectivity index (χ1n) is 8.40. The molecule has 0 fully saturated rings. The van der Waals surface area contributed by atoms with E-state index in [-0.39, 0.29) is 0 Å². The summed E-state index contributed by atoms with van der Waals surface area (Å²) in [5.74, 6) is 2.02. The molecular weight excluding hydrogens is 422 g/mol. The molecule has 0 bridgehead atoms. The highest BCUT2D eigenvalue weighted by molar-refractivity contribution is 9.10. The van der Waals surface area contributed by atoms with Crippen LogP contribution in [-0.4, -0.2) is 9.97 Å². The van der Waals surface area contributed by atoms with Crippen molar-refractivity contribution in [3.63, 3.8) is 0 Å². The fourth-order valence-corrected chi connectivity index (χ4v) is 3.58. The smallest absolute Gasteiger partial charge is 0.188 e. The number of hydrogen-bond acceptors (Lipinski definition) is 5. The molecule has 4 aromatic rings. The van der Waals surface area contributed by atoms with Gasteiger partial charge in [-0.3, -0.25) is 0 Å². The van der Waals surface area contributed by atoms with Gasteiger partial charge in [0.1, 0.15) is 5.75 Å². The van der Waals surface area contributed by atoms with Gasteiger partial charge >= 0.3 is 0 Å². The number of aromatic nitrogens is 2. The third kappa shape index (κ3) is 4.72. The molecule has 0 spiro atoms. The predicted octanol–water partition coefficient (Wildman–Crippen LogP) is 6.43. The Morgan fingerprint density at radius 1 is 1.00 bits per heavy atom. The van der Waals surface area contributed by atoms with E-state index in [1.54, 1.807) is 17.5 Å². The number of anilines is 2. The van der Waals surface area contributed by atoms with Crippen molar-refractivity contribution in [1.29, 1.82) is 0 Å². The summed E-state index contributed by atoms with van der Waals surface area (Å²) in [5.41, 5.74) is 2.26. The van der Waals surface area contributed by atoms with Crippen LogP contribution in [0.3, 0.4) is 0 Å². The van der Waals surface area contributed by atoms with Crippen molar-refractivity contribution in [3.8, 4) is 11.5 Å². The maximum Gasteiger partial charge on any atom is 0.188 e. The van der Waals surface area contributed by atoms with Crippen LogP contribution in [-0.2, 0) is 6.42 Å². The Morgan fingerprint density at radius 2 is 1.74 bits per heavy atom. The normalized spacial score (nSPS) is 10.6. The van der Waals surface area contributed by atoms with Gasteiger partial charge in [0.2, 0.25) is 0 Å². The summed E-state index contributed by atoms with van der Waals surface area (Å²) < 4.78 is 6.84. The summed E-state index contributed by atoms with van der Waals surface area (Å²) >= 11 is 5.01. The number of halogens is 1. The van der Waals surface area contributed by atoms with Crippen molar-refractivity contribution in [2.24, 2.45) is 0 Å². The van der Waals surface area contributed by atoms with E-state index < -0.39 is 0 Å². The van der Waals surface area contributed by atoms with Crippen molar-refractivity contribution in [2.45, 2.75) is 6.42 Å². The largest absolute Gasteiger partial charge is 0.453 e. The molecule has 0 aliphatic heterocycles. The second-order valence-corrected chi connectivity index (χ2v) is 7.62. The molecule has 2 aromatic heterocycles. The number of ether oxygens (including phenoxy) is 1. The minimum atomic E-state index is 0.627. The molecule has 0 radical (unpaired) electrons. The fourth-order valence-electron chi connectivity index (χ4n) is 2.56. The predicted molar refractivity (Wildman–Crippen MR) is 113 cm³/mol. The Bertz CT molecular complexity index is 1020. The van der Waals surface area contributed by atoms with Crippen LogP contribution in [0, 0.1) is 0 Å². The van der Waals surface area contributed by atoms with Crippen LogP contribution in [0.4, 0.5) is 10.9 Å². The molecule has 0 saturated carbocycles. The molecule has 0 saturated heterocycles. The number of hydrogen-bond donors (Lipinski definition) is 1. The van der Waals surface area contributed by atoms with Gasteiger partial charge in [0.15, 0.2) is 16.7 Å². The zero-order valence-electron chi connectivity index (χ0n) is 14.3. The van der Waals surface area contributed by atoms with E-state index in [0.29, 0.717) is 11.6 Å². The van der Waals surface area contributed by atoms with Gasteiger partial charge in [-0.1, -0.05) is 48.5 Å². The Balaban J connectivity index is 1.53. The molecule has 0 atom stereocenters. The average Bonchev–Trinajstić information content (AvgIpc) is 3.12. The monoisotopic (exact) mass is 437 g/mol. The Labute approximate surface area is 170 Å². The van der Waals surface area contributed by atoms with Crippen LogP contribution in [0.1, 0.15) is 11.3 Å². The van der Waals surface area contributed by atoms with E-state index in [2.05, 4.69) is 48.7 Å². The van der Waals surface area contributed by atoms with E-state index in [1.807, 2.05) is 54.6 Å². The quantitative estimate of drug-likeness (QED) is 0.377. The SMILES string of the molecule is Brc1cnc(Nc2nc(Cc3ccccc3)cs2)c(Oc2ccccc2)c1. The molecule has 2 heterocycles. The van der Waals surface area contributed by atoms with E-state index in [0.717, 1.165) is 27.5 Å². The number of benzene rings is 2. The van der Waals surface area contributed by atoms with Crippen LogP contribution >= 0.6 is 27.3 Å². The van der Waals surface area contributed by atoms with Gasteiger partial charge in [0.25, 0.3) is 0 Å². The van der Waals surface area contributed by atoms with Crippen LogP contribution in [0.15, 0.2) is 82.8 Å². The number of pyridine rings is 1. The first-order chi connectivity index (χ1) is 13.3. The van der Waals surface area contributed by atoms with Gasteiger partial charge < -0.3 is 10.1 Å². The molecule has 27 heavy (non-hydrogen) atoms. The lowest BCUT2D eigenvalue weighted by molar-refractivity contribution is 0.482. The molecule has 4 rings (SSSR count). The van der Waals surface area contributed by atoms with Gasteiger partial charge in [-0.15, -0.1) is 11.3 Å². The summed E-state index contributed by atoms with van der Waals surface area (Å²) in [5, 5.41) is 6.12. The van der Waals surface area contributed by atoms with E-state index in [4.69, 9.17) is 4.74 Å². The summed E-state index contributed by atoms with van der Waals surface area (Å²) in [6, 6.07) is 21.8. The van der Waals surface area contributed by atoms with Crippen molar-refractivity contribution >= 4 is 38.2 Å². The zero-order chi connectivity index (χ0) is 18.5. The van der Waals surface area contributed by atoms with Gasteiger partial charge in [0.05, 0.1) is 5.69 Å². The lowest BCUT2D eigenvalue weighted by atomic mass is 10.1. The Morgan fingerprint density at radius 3 is 2.52 bits per heavy atom. The van der Waals surface area contributed by atoms with Crippen molar-refractivity contribution in [2.75, 3.05) is 5.32 Å². The van der Waals surface area contributed by atoms with Crippen LogP contribution in [0.25, 0.3) is 0 Å². The van der Waals surface area contributed by atoms with Crippen molar-refractivity contribution < 1.29 is 4.74 Å². The lowest BCUT2D eigenvalue weighted by Crippen LogP contribution is -1.97. The second kappa shape index (κ2) is 8.33. The molecule has 0 aliphatic rings. The maximum absolute atomic E-state index is 5.99. The van der Waals surface area contributed by atoms with Crippen molar-refractivity contribution in [3.05, 3.63) is 94.0 Å². The first-order valence-corrected chi connectivity index (χ1v) is 10.1. The molecule has 0 unspecified atom stereocenters. The second-order valence-electron chi connectivity index (χ2n) is 5.85. The minimum absolute atomic E-state index is 0.627. The molecule has 2 aromatic carbocycles. The van der Waals surface area contributed by atoms with Gasteiger partial charge in [-0.25, -0.2) is 9.97 Å². The molecular formula is C21H16BrN3OS. The highest BCUT2D eigenvalue weighted by Gasteiger charge is 2.11. The Hall–Kier alpha value is -2.70. The molecule has 6 heteroatoms. The number of nitrogens with zero attached hydrogens (tertiary/aromatic N) is 2. The Kier molecular flexibility index (Phi) is 5.46. The van der Waals surface area contributed by atoms with Gasteiger partial charge in [0, 0.05) is 28.5 Å². The van der Waals surface area contributed by atoms with Crippen LogP contribution in [0.2, 0.25) is 0 Å². The molecule has 134 valence electrons. The third-order valence-corrected chi connectivity index (χ3v) is 5.04. The summed E-state index contributed by atoms with van der Waals surface area (Å²) in [7, 11) is 0.